The summed E-state index contributed by atoms with van der Waals surface area (Å²) in [6.07, 6.45) is 6.03. The third-order valence-corrected chi connectivity index (χ3v) is 8.42. The molecule has 0 atom stereocenters. The second-order valence-electron chi connectivity index (χ2n) is 9.41. The van der Waals surface area contributed by atoms with Gasteiger partial charge in [-0.15, -0.1) is 0 Å². The molecule has 0 saturated heterocycles. The molecule has 5 N–H and O–H groups in total. The summed E-state index contributed by atoms with van der Waals surface area (Å²) in [4.78, 5) is 9.69. The fourth-order valence-corrected chi connectivity index (χ4v) is 5.81. The number of halogens is 1. The Hall–Kier alpha value is -2.46. The van der Waals surface area contributed by atoms with Crippen molar-refractivity contribution in [3.63, 3.8) is 0 Å². The Labute approximate surface area is 225 Å². The van der Waals surface area contributed by atoms with Gasteiger partial charge in [-0.3, -0.25) is 0 Å². The zero-order valence-electron chi connectivity index (χ0n) is 20.4. The number of hydrogen-bond donors (Lipinski definition) is 4. The Bertz CT molecular complexity index is 1230. The number of unbranched alkanes of at least 4 members (excludes halogenated alkanes) is 1. The van der Waals surface area contributed by atoms with E-state index in [-0.39, 0.29) is 12.3 Å². The maximum absolute atomic E-state index is 12.5. The van der Waals surface area contributed by atoms with Gasteiger partial charge in [-0.1, -0.05) is 31.2 Å². The molecule has 10 heteroatoms. The molecule has 202 valence electrons. The zero-order valence-corrected chi connectivity index (χ0v) is 22.0. The number of nitrogens with zero attached hydrogens (tertiary/aromatic N) is 2. The number of nitrogens with two attached hydrogens (primary N) is 1. The van der Waals surface area contributed by atoms with Gasteiger partial charge in [0.05, 0.1) is 10.4 Å². The maximum Gasteiger partial charge on any atom is 0.240 e. The van der Waals surface area contributed by atoms with Gasteiger partial charge < -0.3 is 16.4 Å². The molecule has 0 spiro atoms. The van der Waals surface area contributed by atoms with Gasteiger partial charge in [0, 0.05) is 30.0 Å². The van der Waals surface area contributed by atoms with E-state index in [9.17, 15) is 8.42 Å². The number of rotatable bonds is 12. The minimum atomic E-state index is -3.52. The van der Waals surface area contributed by atoms with Crippen LogP contribution in [0.1, 0.15) is 46.0 Å². The minimum absolute atomic E-state index is 0. The summed E-state index contributed by atoms with van der Waals surface area (Å²) in [5.74, 6) is 2.32. The van der Waals surface area contributed by atoms with Crippen LogP contribution in [-0.4, -0.2) is 44.6 Å². The predicted octanol–water partition coefficient (Wildman–Crippen LogP) is 5.27. The fourth-order valence-electron chi connectivity index (χ4n) is 4.57. The normalized spacial score (nSPS) is 17.8. The van der Waals surface area contributed by atoms with Crippen LogP contribution in [-0.2, 0) is 10.0 Å². The number of nitrogens with one attached hydrogen (secondary N) is 3. The lowest BCUT2D eigenvalue weighted by Gasteiger charge is -2.28. The molecule has 3 aromatic rings. The average molecular weight is 547 g/mol. The SMILES string of the molecule is C.NCCCCNc1nc(NCC2CCC(CNS(=O)(=O)c3ccc(Cl)cc3)CC2)nc2ccccc12. The molecule has 0 bridgehead atoms. The topological polar surface area (TPSA) is 122 Å². The second kappa shape index (κ2) is 13.9. The standard InChI is InChI=1S/C26H35ClN6O2S.CH4/c27-21-11-13-22(14-12-21)36(34,35)31-18-20-9-7-19(8-10-20)17-30-26-32-24-6-2-1-5-23(24)25(33-26)29-16-4-3-15-28;/h1-2,5-6,11-14,19-20,31H,3-4,7-10,15-18,28H2,(H2,29,30,32,33);1H4. The lowest BCUT2D eigenvalue weighted by atomic mass is 9.82. The highest BCUT2D eigenvalue weighted by Gasteiger charge is 2.23. The number of fused-ring (bicyclic) bond motifs is 1. The summed E-state index contributed by atoms with van der Waals surface area (Å²) in [6.45, 7) is 2.77. The van der Waals surface area contributed by atoms with Crippen molar-refractivity contribution in [2.45, 2.75) is 50.8 Å². The van der Waals surface area contributed by atoms with Crippen LogP contribution in [0.25, 0.3) is 10.9 Å². The van der Waals surface area contributed by atoms with Crippen molar-refractivity contribution in [1.82, 2.24) is 14.7 Å². The van der Waals surface area contributed by atoms with E-state index in [1.165, 1.54) is 12.1 Å². The van der Waals surface area contributed by atoms with Gasteiger partial charge in [-0.05, 0) is 93.3 Å². The molecule has 37 heavy (non-hydrogen) atoms. The van der Waals surface area contributed by atoms with Gasteiger partial charge in [0.1, 0.15) is 5.82 Å². The first-order valence-electron chi connectivity index (χ1n) is 12.6. The number of benzene rings is 2. The first-order valence-corrected chi connectivity index (χ1v) is 14.5. The molecule has 4 rings (SSSR count). The minimum Gasteiger partial charge on any atom is -0.369 e. The van der Waals surface area contributed by atoms with E-state index in [0.29, 0.717) is 35.9 Å². The highest BCUT2D eigenvalue weighted by molar-refractivity contribution is 7.89. The lowest BCUT2D eigenvalue weighted by Crippen LogP contribution is -2.32. The van der Waals surface area contributed by atoms with Crippen LogP contribution in [0.15, 0.2) is 53.4 Å². The van der Waals surface area contributed by atoms with Crippen molar-refractivity contribution in [2.75, 3.05) is 36.8 Å². The van der Waals surface area contributed by atoms with Crippen LogP contribution in [0.4, 0.5) is 11.8 Å². The lowest BCUT2D eigenvalue weighted by molar-refractivity contribution is 0.284. The number of anilines is 2. The zero-order chi connectivity index (χ0) is 25.4. The van der Waals surface area contributed by atoms with Gasteiger partial charge in [-0.2, -0.15) is 4.98 Å². The van der Waals surface area contributed by atoms with E-state index in [2.05, 4.69) is 15.4 Å². The van der Waals surface area contributed by atoms with Crippen molar-refractivity contribution in [1.29, 1.82) is 0 Å². The Morgan fingerprint density at radius 1 is 0.892 bits per heavy atom. The monoisotopic (exact) mass is 546 g/mol. The number of hydrogen-bond acceptors (Lipinski definition) is 7. The van der Waals surface area contributed by atoms with Crippen LogP contribution in [0.5, 0.6) is 0 Å². The largest absolute Gasteiger partial charge is 0.369 e. The van der Waals surface area contributed by atoms with Crippen LogP contribution in [0, 0.1) is 11.8 Å². The van der Waals surface area contributed by atoms with E-state index < -0.39 is 10.0 Å². The summed E-state index contributed by atoms with van der Waals surface area (Å²) in [6, 6.07) is 14.3. The quantitative estimate of drug-likeness (QED) is 0.228. The van der Waals surface area contributed by atoms with Crippen molar-refractivity contribution in [3.8, 4) is 0 Å². The Balaban J connectivity index is 0.00000380. The Kier molecular flexibility index (Phi) is 10.9. The van der Waals surface area contributed by atoms with Gasteiger partial charge >= 0.3 is 0 Å². The van der Waals surface area contributed by atoms with Crippen molar-refractivity contribution in [2.24, 2.45) is 17.6 Å². The summed E-state index contributed by atoms with van der Waals surface area (Å²) in [5.41, 5.74) is 6.52. The second-order valence-corrected chi connectivity index (χ2v) is 11.6. The average Bonchev–Trinajstić information content (AvgIpc) is 2.89. The first-order chi connectivity index (χ1) is 17.4. The molecule has 0 radical (unpaired) electrons. The predicted molar refractivity (Wildman–Crippen MR) is 154 cm³/mol. The number of aromatic nitrogens is 2. The molecule has 2 aromatic carbocycles. The van der Waals surface area contributed by atoms with E-state index in [0.717, 1.165) is 68.3 Å². The summed E-state index contributed by atoms with van der Waals surface area (Å²) >= 11 is 5.87. The molecule has 0 unspecified atom stereocenters. The Morgan fingerprint density at radius 2 is 1.57 bits per heavy atom. The van der Waals surface area contributed by atoms with Gasteiger partial charge in [0.25, 0.3) is 0 Å². The molecule has 1 heterocycles. The van der Waals surface area contributed by atoms with E-state index in [1.807, 2.05) is 24.3 Å². The van der Waals surface area contributed by atoms with E-state index >= 15 is 0 Å². The molecule has 8 nitrogen and oxygen atoms in total. The molecule has 1 aliphatic rings. The summed E-state index contributed by atoms with van der Waals surface area (Å²) in [5, 5.41) is 8.41. The molecule has 0 amide bonds. The molecule has 0 aliphatic heterocycles. The van der Waals surface area contributed by atoms with Gasteiger partial charge in [-0.25, -0.2) is 18.1 Å². The maximum atomic E-state index is 12.5. The third-order valence-electron chi connectivity index (χ3n) is 6.73. The molecule has 1 saturated carbocycles. The van der Waals surface area contributed by atoms with E-state index in [1.54, 1.807) is 12.1 Å². The van der Waals surface area contributed by atoms with Crippen molar-refractivity contribution >= 4 is 44.3 Å². The molecule has 1 aliphatic carbocycles. The highest BCUT2D eigenvalue weighted by atomic mass is 35.5. The van der Waals surface area contributed by atoms with Crippen LogP contribution in [0.3, 0.4) is 0 Å². The third kappa shape index (κ3) is 8.26. The summed E-state index contributed by atoms with van der Waals surface area (Å²) < 4.78 is 27.8. The molecule has 1 fully saturated rings. The van der Waals surface area contributed by atoms with Crippen LogP contribution in [0.2, 0.25) is 5.02 Å². The highest BCUT2D eigenvalue weighted by Crippen LogP contribution is 2.29. The first kappa shape index (κ1) is 29.1. The van der Waals surface area contributed by atoms with Crippen molar-refractivity contribution < 1.29 is 8.42 Å². The summed E-state index contributed by atoms with van der Waals surface area (Å²) in [7, 11) is -3.52. The number of sulfonamides is 1. The molecule has 1 aromatic heterocycles. The fraction of sp³-hybridized carbons (Fsp3) is 0.481. The van der Waals surface area contributed by atoms with Gasteiger partial charge in [0.15, 0.2) is 0 Å². The van der Waals surface area contributed by atoms with Gasteiger partial charge in [0.2, 0.25) is 16.0 Å². The van der Waals surface area contributed by atoms with Crippen molar-refractivity contribution in [3.05, 3.63) is 53.6 Å². The van der Waals surface area contributed by atoms with E-state index in [4.69, 9.17) is 27.3 Å². The number of para-hydroxylation sites is 1. The smallest absolute Gasteiger partial charge is 0.240 e. The molecular formula is C27H39ClN6O2S. The van der Waals surface area contributed by atoms with Crippen LogP contribution < -0.4 is 21.1 Å². The molecular weight excluding hydrogens is 508 g/mol. The van der Waals surface area contributed by atoms with Crippen LogP contribution >= 0.6 is 11.6 Å². The Morgan fingerprint density at radius 3 is 2.27 bits per heavy atom.